The van der Waals surface area contributed by atoms with Crippen LogP contribution in [0.25, 0.3) is 10.9 Å². The molecule has 0 aliphatic carbocycles. The van der Waals surface area contributed by atoms with Gasteiger partial charge in [0.15, 0.2) is 0 Å². The number of fused-ring (bicyclic) bond motifs is 1. The van der Waals surface area contributed by atoms with E-state index in [1.807, 2.05) is 0 Å². The van der Waals surface area contributed by atoms with E-state index in [1.165, 1.54) is 6.33 Å². The molecule has 0 spiro atoms. The van der Waals surface area contributed by atoms with Crippen molar-refractivity contribution in [2.45, 2.75) is 0 Å². The molecule has 3 nitrogen and oxygen atoms in total. The van der Waals surface area contributed by atoms with Crippen LogP contribution in [0.4, 0.5) is 0 Å². The van der Waals surface area contributed by atoms with Crippen molar-refractivity contribution in [2.24, 2.45) is 0 Å². The third-order valence-electron chi connectivity index (χ3n) is 1.37. The predicted molar refractivity (Wildman–Crippen MR) is 45.0 cm³/mol. The Hall–Kier alpha value is -1.03. The van der Waals surface area contributed by atoms with Crippen LogP contribution in [-0.4, -0.2) is 15.0 Å². The maximum absolute atomic E-state index is 4.08. The lowest BCUT2D eigenvalue weighted by atomic mass is 10.3. The van der Waals surface area contributed by atoms with Crippen LogP contribution in [-0.2, 0) is 0 Å². The Labute approximate surface area is 71.6 Å². The summed E-state index contributed by atoms with van der Waals surface area (Å²) in [5, 5.41) is 0.946. The molecule has 0 unspecified atom stereocenters. The highest BCUT2D eigenvalue weighted by atomic mass is 79.9. The first-order chi connectivity index (χ1) is 5.38. The fourth-order valence-corrected chi connectivity index (χ4v) is 1.33. The maximum Gasteiger partial charge on any atom is 0.116 e. The number of pyridine rings is 1. The van der Waals surface area contributed by atoms with Gasteiger partial charge in [-0.1, -0.05) is 0 Å². The van der Waals surface area contributed by atoms with Gasteiger partial charge in [-0.15, -0.1) is 0 Å². The Balaban J connectivity index is 2.91. The molecule has 2 aromatic heterocycles. The van der Waals surface area contributed by atoms with Gasteiger partial charge in [-0.05, 0) is 15.9 Å². The predicted octanol–water partition coefficient (Wildman–Crippen LogP) is 1.79. The molecule has 0 fully saturated rings. The Morgan fingerprint density at radius 1 is 1.09 bits per heavy atom. The normalized spacial score (nSPS) is 10.3. The van der Waals surface area contributed by atoms with E-state index in [0.717, 1.165) is 15.4 Å². The first kappa shape index (κ1) is 6.67. The molecule has 4 heteroatoms. The van der Waals surface area contributed by atoms with Crippen LogP contribution >= 0.6 is 15.9 Å². The first-order valence-corrected chi connectivity index (χ1v) is 3.86. The van der Waals surface area contributed by atoms with Crippen molar-refractivity contribution in [3.8, 4) is 0 Å². The number of rotatable bonds is 0. The Morgan fingerprint density at radius 2 is 1.91 bits per heavy atom. The summed E-state index contributed by atoms with van der Waals surface area (Å²) < 4.78 is 0.900. The summed E-state index contributed by atoms with van der Waals surface area (Å²) in [6.45, 7) is 0. The van der Waals surface area contributed by atoms with Gasteiger partial charge in [0.2, 0.25) is 0 Å². The molecule has 0 atom stereocenters. The van der Waals surface area contributed by atoms with E-state index in [0.29, 0.717) is 0 Å². The minimum atomic E-state index is 0.898. The zero-order valence-corrected chi connectivity index (χ0v) is 7.12. The van der Waals surface area contributed by atoms with Crippen molar-refractivity contribution in [1.29, 1.82) is 0 Å². The monoisotopic (exact) mass is 209 g/mol. The fourth-order valence-electron chi connectivity index (χ4n) is 0.879. The van der Waals surface area contributed by atoms with Crippen LogP contribution in [0.5, 0.6) is 0 Å². The third kappa shape index (κ3) is 1.09. The van der Waals surface area contributed by atoms with E-state index in [-0.39, 0.29) is 0 Å². The number of halogens is 1. The van der Waals surface area contributed by atoms with Crippen LogP contribution < -0.4 is 0 Å². The lowest BCUT2D eigenvalue weighted by Gasteiger charge is -1.95. The Morgan fingerprint density at radius 3 is 2.73 bits per heavy atom. The molecule has 0 aliphatic heterocycles. The second-order valence-corrected chi connectivity index (χ2v) is 2.94. The standard InChI is InChI=1S/C7H4BrN3/c8-6-3-9-1-5-2-10-4-11-7(5)6/h1-4H. The van der Waals surface area contributed by atoms with Crippen molar-refractivity contribution < 1.29 is 0 Å². The minimum absolute atomic E-state index is 0.898. The Bertz CT molecular complexity index is 383. The van der Waals surface area contributed by atoms with Crippen LogP contribution in [0.15, 0.2) is 29.4 Å². The molecule has 2 heterocycles. The molecule has 0 N–H and O–H groups in total. The van der Waals surface area contributed by atoms with Gasteiger partial charge in [0.05, 0.1) is 9.99 Å². The van der Waals surface area contributed by atoms with Crippen LogP contribution in [0.3, 0.4) is 0 Å². The largest absolute Gasteiger partial charge is 0.263 e. The summed E-state index contributed by atoms with van der Waals surface area (Å²) in [4.78, 5) is 12.0. The van der Waals surface area contributed by atoms with Crippen LogP contribution in [0.1, 0.15) is 0 Å². The molecule has 0 saturated carbocycles. The zero-order valence-electron chi connectivity index (χ0n) is 5.53. The smallest absolute Gasteiger partial charge is 0.116 e. The van der Waals surface area contributed by atoms with Gasteiger partial charge in [0.25, 0.3) is 0 Å². The minimum Gasteiger partial charge on any atom is -0.263 e. The van der Waals surface area contributed by atoms with Gasteiger partial charge in [-0.25, -0.2) is 9.97 Å². The van der Waals surface area contributed by atoms with Gasteiger partial charge in [-0.2, -0.15) is 0 Å². The van der Waals surface area contributed by atoms with Gasteiger partial charge < -0.3 is 0 Å². The molecule has 0 aliphatic rings. The summed E-state index contributed by atoms with van der Waals surface area (Å²) in [5.41, 5.74) is 0.898. The average Bonchev–Trinajstić information content (AvgIpc) is 2.06. The van der Waals surface area contributed by atoms with Gasteiger partial charge in [0.1, 0.15) is 6.33 Å². The van der Waals surface area contributed by atoms with E-state index >= 15 is 0 Å². The number of aromatic nitrogens is 3. The van der Waals surface area contributed by atoms with Gasteiger partial charge in [0, 0.05) is 24.0 Å². The van der Waals surface area contributed by atoms with E-state index in [4.69, 9.17) is 0 Å². The van der Waals surface area contributed by atoms with E-state index in [9.17, 15) is 0 Å². The van der Waals surface area contributed by atoms with E-state index in [2.05, 4.69) is 30.9 Å². The first-order valence-electron chi connectivity index (χ1n) is 3.07. The van der Waals surface area contributed by atoms with Crippen molar-refractivity contribution in [2.75, 3.05) is 0 Å². The summed E-state index contributed by atoms with van der Waals surface area (Å²) in [7, 11) is 0. The van der Waals surface area contributed by atoms with Crippen LogP contribution in [0, 0.1) is 0 Å². The highest BCUT2D eigenvalue weighted by Crippen LogP contribution is 2.17. The lowest BCUT2D eigenvalue weighted by molar-refractivity contribution is 1.20. The topological polar surface area (TPSA) is 38.7 Å². The van der Waals surface area contributed by atoms with Gasteiger partial charge >= 0.3 is 0 Å². The fraction of sp³-hybridized carbons (Fsp3) is 0. The zero-order chi connectivity index (χ0) is 7.68. The average molecular weight is 210 g/mol. The molecule has 11 heavy (non-hydrogen) atoms. The van der Waals surface area contributed by atoms with Crippen LogP contribution in [0.2, 0.25) is 0 Å². The second kappa shape index (κ2) is 2.54. The second-order valence-electron chi connectivity index (χ2n) is 2.08. The van der Waals surface area contributed by atoms with Gasteiger partial charge in [-0.3, -0.25) is 4.98 Å². The third-order valence-corrected chi connectivity index (χ3v) is 1.95. The SMILES string of the molecule is Brc1cncc2cncnc12. The van der Waals surface area contributed by atoms with E-state index in [1.54, 1.807) is 18.6 Å². The number of hydrogen-bond acceptors (Lipinski definition) is 3. The summed E-state index contributed by atoms with van der Waals surface area (Å²) >= 11 is 3.34. The lowest BCUT2D eigenvalue weighted by Crippen LogP contribution is -1.82. The number of hydrogen-bond donors (Lipinski definition) is 0. The summed E-state index contributed by atoms with van der Waals surface area (Å²) in [5.74, 6) is 0. The molecule has 0 aromatic carbocycles. The van der Waals surface area contributed by atoms with Crippen molar-refractivity contribution in [3.63, 3.8) is 0 Å². The van der Waals surface area contributed by atoms with E-state index < -0.39 is 0 Å². The highest BCUT2D eigenvalue weighted by molar-refractivity contribution is 9.10. The maximum atomic E-state index is 4.08. The summed E-state index contributed by atoms with van der Waals surface area (Å²) in [6, 6.07) is 0. The molecular formula is C7H4BrN3. The van der Waals surface area contributed by atoms with Crippen molar-refractivity contribution in [3.05, 3.63) is 29.4 Å². The quantitative estimate of drug-likeness (QED) is 0.665. The Kier molecular flexibility index (Phi) is 1.54. The van der Waals surface area contributed by atoms with Crippen molar-refractivity contribution >= 4 is 26.8 Å². The molecule has 2 rings (SSSR count). The molecule has 0 saturated heterocycles. The summed E-state index contributed by atoms with van der Waals surface area (Å²) in [6.07, 6.45) is 6.71. The molecule has 0 radical (unpaired) electrons. The molecule has 0 amide bonds. The molecule has 54 valence electrons. The van der Waals surface area contributed by atoms with Crippen molar-refractivity contribution in [1.82, 2.24) is 15.0 Å². The highest BCUT2D eigenvalue weighted by Gasteiger charge is 1.97. The molecular weight excluding hydrogens is 206 g/mol. The number of nitrogens with zero attached hydrogens (tertiary/aromatic N) is 3. The molecule has 0 bridgehead atoms. The molecule has 2 aromatic rings.